The summed E-state index contributed by atoms with van der Waals surface area (Å²) in [5.74, 6) is 1.03. The molecule has 27 heavy (non-hydrogen) atoms. The van der Waals surface area contributed by atoms with E-state index in [9.17, 15) is 14.7 Å². The molecule has 1 N–H and O–H groups in total. The fourth-order valence-corrected chi connectivity index (χ4v) is 7.71. The number of hydrogen-bond donors (Lipinski definition) is 1. The average Bonchev–Trinajstić information content (AvgIpc) is 3.16. The van der Waals surface area contributed by atoms with Crippen LogP contribution in [0.4, 0.5) is 0 Å². The van der Waals surface area contributed by atoms with Gasteiger partial charge in [-0.3, -0.25) is 4.79 Å². The number of fused-ring (bicyclic) bond motifs is 5. The molecule has 3 fully saturated rings. The number of carbonyl (C=O) groups excluding carboxylic acids is 2. The lowest BCUT2D eigenvalue weighted by Crippen LogP contribution is -2.60. The molecule has 6 atom stereocenters. The Morgan fingerprint density at radius 3 is 2.56 bits per heavy atom. The van der Waals surface area contributed by atoms with Crippen molar-refractivity contribution in [1.29, 1.82) is 0 Å². The van der Waals surface area contributed by atoms with Gasteiger partial charge in [0.15, 0.2) is 5.78 Å². The van der Waals surface area contributed by atoms with Crippen molar-refractivity contribution < 1.29 is 19.4 Å². The van der Waals surface area contributed by atoms with Gasteiger partial charge in [-0.25, -0.2) is 4.79 Å². The monoisotopic (exact) mass is 370 g/mol. The van der Waals surface area contributed by atoms with Gasteiger partial charge in [0.25, 0.3) is 0 Å². The minimum Gasteiger partial charge on any atom is -0.458 e. The first-order chi connectivity index (χ1) is 12.8. The zero-order valence-corrected chi connectivity index (χ0v) is 16.4. The predicted octanol–water partition coefficient (Wildman–Crippen LogP) is 3.73. The number of aliphatic hydroxyl groups is 1. The van der Waals surface area contributed by atoms with Crippen molar-refractivity contribution in [2.24, 2.45) is 28.6 Å². The Morgan fingerprint density at radius 2 is 1.81 bits per heavy atom. The number of carbonyl (C=O) groups is 2. The first kappa shape index (κ1) is 17.7. The van der Waals surface area contributed by atoms with Gasteiger partial charge in [-0.2, -0.15) is 0 Å². The van der Waals surface area contributed by atoms with E-state index in [2.05, 4.69) is 13.8 Å². The normalized spacial score (nSPS) is 48.9. The molecule has 0 radical (unpaired) electrons. The van der Waals surface area contributed by atoms with Crippen LogP contribution in [0.25, 0.3) is 0 Å². The summed E-state index contributed by atoms with van der Waals surface area (Å²) in [4.78, 5) is 23.6. The molecule has 4 heteroatoms. The van der Waals surface area contributed by atoms with E-state index in [0.717, 1.165) is 50.5 Å². The number of ether oxygens (including phenoxy) is 1. The molecule has 0 spiro atoms. The Hall–Kier alpha value is -1.42. The minimum absolute atomic E-state index is 0.0671. The summed E-state index contributed by atoms with van der Waals surface area (Å²) in [7, 11) is 0. The van der Waals surface area contributed by atoms with E-state index in [1.807, 2.05) is 6.08 Å². The molecule has 0 saturated heterocycles. The van der Waals surface area contributed by atoms with Crippen LogP contribution >= 0.6 is 0 Å². The number of allylic oxidation sites excluding steroid dienone is 1. The highest BCUT2D eigenvalue weighted by Gasteiger charge is 2.67. The zero-order valence-electron chi connectivity index (χ0n) is 16.4. The Kier molecular flexibility index (Phi) is 3.64. The van der Waals surface area contributed by atoms with E-state index < -0.39 is 5.60 Å². The number of rotatable bonds is 1. The van der Waals surface area contributed by atoms with Crippen LogP contribution in [0.1, 0.15) is 65.2 Å². The van der Waals surface area contributed by atoms with Crippen molar-refractivity contribution in [2.75, 3.05) is 6.61 Å². The SMILES string of the molecule is C[C@]12CCC(=O)C=C1CCC1C2CC[C@]2(C)C(C3=CC(=O)OC3)CC[C@]12O. The fraction of sp³-hybridized carbons (Fsp3) is 0.739. The second-order valence-electron chi connectivity index (χ2n) is 10.1. The maximum atomic E-state index is 12.1. The summed E-state index contributed by atoms with van der Waals surface area (Å²) in [5.41, 5.74) is 1.62. The lowest BCUT2D eigenvalue weighted by atomic mass is 9.45. The quantitative estimate of drug-likeness (QED) is 0.714. The second kappa shape index (κ2) is 5.56. The third-order valence-corrected chi connectivity index (χ3v) is 9.28. The summed E-state index contributed by atoms with van der Waals surface area (Å²) >= 11 is 0. The molecule has 0 amide bonds. The van der Waals surface area contributed by atoms with E-state index in [1.165, 1.54) is 5.57 Å². The number of ketones is 1. The first-order valence-corrected chi connectivity index (χ1v) is 10.6. The Bertz CT molecular complexity index is 779. The van der Waals surface area contributed by atoms with Crippen LogP contribution in [-0.2, 0) is 14.3 Å². The van der Waals surface area contributed by atoms with Gasteiger partial charge in [0.05, 0.1) is 5.60 Å². The molecule has 146 valence electrons. The van der Waals surface area contributed by atoms with Crippen molar-refractivity contribution in [3.05, 3.63) is 23.3 Å². The van der Waals surface area contributed by atoms with Crippen LogP contribution in [0.15, 0.2) is 23.3 Å². The number of cyclic esters (lactones) is 1. The van der Waals surface area contributed by atoms with Crippen molar-refractivity contribution in [3.63, 3.8) is 0 Å². The van der Waals surface area contributed by atoms with E-state index in [0.29, 0.717) is 18.9 Å². The Morgan fingerprint density at radius 1 is 1.00 bits per heavy atom. The van der Waals surface area contributed by atoms with Gasteiger partial charge in [0.2, 0.25) is 0 Å². The second-order valence-corrected chi connectivity index (χ2v) is 10.1. The minimum atomic E-state index is -0.678. The summed E-state index contributed by atoms with van der Waals surface area (Å²) in [5, 5.41) is 12.1. The van der Waals surface area contributed by atoms with E-state index in [4.69, 9.17) is 4.74 Å². The number of esters is 1. The lowest BCUT2D eigenvalue weighted by molar-refractivity contribution is -0.181. The van der Waals surface area contributed by atoms with E-state index >= 15 is 0 Å². The van der Waals surface area contributed by atoms with Gasteiger partial charge in [-0.15, -0.1) is 0 Å². The van der Waals surface area contributed by atoms with Crippen LogP contribution in [0.3, 0.4) is 0 Å². The van der Waals surface area contributed by atoms with Gasteiger partial charge < -0.3 is 9.84 Å². The van der Waals surface area contributed by atoms with Gasteiger partial charge >= 0.3 is 5.97 Å². The Labute approximate surface area is 161 Å². The Balaban J connectivity index is 1.51. The van der Waals surface area contributed by atoms with Crippen LogP contribution in [0.2, 0.25) is 0 Å². The number of hydrogen-bond acceptors (Lipinski definition) is 4. The van der Waals surface area contributed by atoms with Crippen LogP contribution in [0, 0.1) is 28.6 Å². The molecule has 5 rings (SSSR count). The van der Waals surface area contributed by atoms with Crippen molar-refractivity contribution in [2.45, 2.75) is 70.8 Å². The molecular formula is C23H30O4. The smallest absolute Gasteiger partial charge is 0.331 e. The van der Waals surface area contributed by atoms with Crippen molar-refractivity contribution in [1.82, 2.24) is 0 Å². The first-order valence-electron chi connectivity index (χ1n) is 10.6. The topological polar surface area (TPSA) is 63.6 Å². The molecule has 3 unspecified atom stereocenters. The largest absolute Gasteiger partial charge is 0.458 e. The van der Waals surface area contributed by atoms with Crippen LogP contribution < -0.4 is 0 Å². The molecule has 1 heterocycles. The molecule has 0 bridgehead atoms. The molecule has 5 aliphatic rings. The van der Waals surface area contributed by atoms with Crippen LogP contribution in [-0.4, -0.2) is 29.1 Å². The molecule has 4 nitrogen and oxygen atoms in total. The third kappa shape index (κ3) is 2.19. The van der Waals surface area contributed by atoms with Crippen molar-refractivity contribution >= 4 is 11.8 Å². The molecule has 3 saturated carbocycles. The summed E-state index contributed by atoms with van der Waals surface area (Å²) in [6.07, 6.45) is 10.9. The lowest BCUT2D eigenvalue weighted by Gasteiger charge is -2.61. The third-order valence-electron chi connectivity index (χ3n) is 9.28. The summed E-state index contributed by atoms with van der Waals surface area (Å²) in [6.45, 7) is 4.99. The van der Waals surface area contributed by atoms with Crippen molar-refractivity contribution in [3.8, 4) is 0 Å². The average molecular weight is 370 g/mol. The molecule has 1 aliphatic heterocycles. The molecular weight excluding hydrogens is 340 g/mol. The fourth-order valence-electron chi connectivity index (χ4n) is 7.71. The highest BCUT2D eigenvalue weighted by Crippen LogP contribution is 2.69. The van der Waals surface area contributed by atoms with E-state index in [1.54, 1.807) is 6.08 Å². The van der Waals surface area contributed by atoms with E-state index in [-0.39, 0.29) is 34.4 Å². The molecule has 0 aromatic carbocycles. The molecule has 0 aromatic rings. The summed E-state index contributed by atoms with van der Waals surface area (Å²) in [6, 6.07) is 0. The van der Waals surface area contributed by atoms with Gasteiger partial charge in [-0.1, -0.05) is 19.4 Å². The van der Waals surface area contributed by atoms with Gasteiger partial charge in [0.1, 0.15) is 6.61 Å². The molecule has 0 aromatic heterocycles. The standard InChI is InChI=1S/C23H30O4/c1-21-8-5-16(24)12-15(21)3-4-19-18(21)6-9-22(2)17(7-10-23(19,22)26)14-11-20(25)27-13-14/h11-12,17-19,26H,3-10,13H2,1-2H3/t17?,18?,19?,21-,22+,23-/m0/s1. The summed E-state index contributed by atoms with van der Waals surface area (Å²) < 4.78 is 5.19. The van der Waals surface area contributed by atoms with Gasteiger partial charge in [-0.05, 0) is 79.8 Å². The highest BCUT2D eigenvalue weighted by atomic mass is 16.5. The predicted molar refractivity (Wildman–Crippen MR) is 101 cm³/mol. The van der Waals surface area contributed by atoms with Gasteiger partial charge in [0, 0.05) is 17.9 Å². The van der Waals surface area contributed by atoms with Crippen LogP contribution in [0.5, 0.6) is 0 Å². The zero-order chi connectivity index (χ0) is 19.0. The molecule has 4 aliphatic carbocycles. The maximum absolute atomic E-state index is 12.1. The maximum Gasteiger partial charge on any atom is 0.331 e. The highest BCUT2D eigenvalue weighted by molar-refractivity contribution is 5.91.